The van der Waals surface area contributed by atoms with E-state index in [4.69, 9.17) is 4.74 Å². The number of benzene rings is 2. The molecule has 1 saturated heterocycles. The summed E-state index contributed by atoms with van der Waals surface area (Å²) in [6, 6.07) is 9.51. The predicted molar refractivity (Wildman–Crippen MR) is 94.7 cm³/mol. The normalized spacial score (nSPS) is 13.8. The Balaban J connectivity index is 1.76. The number of halogens is 1. The summed E-state index contributed by atoms with van der Waals surface area (Å²) in [5, 5.41) is 12.1. The van der Waals surface area contributed by atoms with Gasteiger partial charge in [-0.1, -0.05) is 0 Å². The number of nitrogens with one attached hydrogen (secondary N) is 1. The van der Waals surface area contributed by atoms with Crippen molar-refractivity contribution in [3.8, 4) is 5.75 Å². The Morgan fingerprint density at radius 3 is 2.64 bits per heavy atom. The molecule has 1 heterocycles. The summed E-state index contributed by atoms with van der Waals surface area (Å²) in [5.74, 6) is -0.247. The molecule has 0 aromatic heterocycles. The molecule has 5 nitrogen and oxygen atoms in total. The van der Waals surface area contributed by atoms with E-state index in [0.29, 0.717) is 22.7 Å². The molecule has 0 saturated carbocycles. The average molecular weight is 344 g/mol. The zero-order valence-corrected chi connectivity index (χ0v) is 14.1. The topological polar surface area (TPSA) is 61.8 Å². The Kier molecular flexibility index (Phi) is 5.19. The number of aliphatic hydroxyl groups is 1. The van der Waals surface area contributed by atoms with Crippen molar-refractivity contribution >= 4 is 17.3 Å². The van der Waals surface area contributed by atoms with E-state index in [2.05, 4.69) is 5.32 Å². The lowest BCUT2D eigenvalue weighted by molar-refractivity contribution is 0.102. The van der Waals surface area contributed by atoms with Crippen LogP contribution in [-0.2, 0) is 6.61 Å². The van der Waals surface area contributed by atoms with Gasteiger partial charge in [0.15, 0.2) is 0 Å². The molecule has 0 unspecified atom stereocenters. The number of nitrogens with zero attached hydrogens (tertiary/aromatic N) is 1. The van der Waals surface area contributed by atoms with Crippen LogP contribution in [0.5, 0.6) is 5.75 Å². The van der Waals surface area contributed by atoms with Crippen LogP contribution in [0, 0.1) is 5.82 Å². The third-order valence-electron chi connectivity index (χ3n) is 4.37. The van der Waals surface area contributed by atoms with Crippen LogP contribution < -0.4 is 15.0 Å². The highest BCUT2D eigenvalue weighted by molar-refractivity contribution is 6.04. The smallest absolute Gasteiger partial charge is 0.255 e. The number of carbonyl (C=O) groups excluding carboxylic acids is 1. The Labute approximate surface area is 146 Å². The summed E-state index contributed by atoms with van der Waals surface area (Å²) in [4.78, 5) is 14.4. The number of rotatable bonds is 5. The maximum Gasteiger partial charge on any atom is 0.255 e. The van der Waals surface area contributed by atoms with E-state index in [0.717, 1.165) is 25.9 Å². The molecule has 1 fully saturated rings. The summed E-state index contributed by atoms with van der Waals surface area (Å²) >= 11 is 0. The van der Waals surface area contributed by atoms with Crippen molar-refractivity contribution in [2.24, 2.45) is 0 Å². The zero-order valence-electron chi connectivity index (χ0n) is 14.1. The highest BCUT2D eigenvalue weighted by Crippen LogP contribution is 2.26. The van der Waals surface area contributed by atoms with Crippen molar-refractivity contribution < 1.29 is 19.0 Å². The monoisotopic (exact) mass is 344 g/mol. The van der Waals surface area contributed by atoms with Gasteiger partial charge in [-0.2, -0.15) is 0 Å². The summed E-state index contributed by atoms with van der Waals surface area (Å²) < 4.78 is 19.5. The van der Waals surface area contributed by atoms with Crippen molar-refractivity contribution in [2.75, 3.05) is 30.4 Å². The van der Waals surface area contributed by atoms with Gasteiger partial charge in [0.05, 0.1) is 19.4 Å². The number of ether oxygens (including phenoxy) is 1. The summed E-state index contributed by atoms with van der Waals surface area (Å²) in [6.07, 6.45) is 2.12. The minimum atomic E-state index is -0.402. The molecule has 25 heavy (non-hydrogen) atoms. The van der Waals surface area contributed by atoms with Gasteiger partial charge in [0.1, 0.15) is 11.6 Å². The maximum absolute atomic E-state index is 14.3. The molecule has 0 radical (unpaired) electrons. The van der Waals surface area contributed by atoms with E-state index in [9.17, 15) is 14.3 Å². The molecule has 0 atom stereocenters. The second-order valence-corrected chi connectivity index (χ2v) is 6.00. The minimum absolute atomic E-state index is 0.202. The minimum Gasteiger partial charge on any atom is -0.496 e. The fraction of sp³-hybridized carbons (Fsp3) is 0.316. The largest absolute Gasteiger partial charge is 0.496 e. The van der Waals surface area contributed by atoms with E-state index in [1.807, 2.05) is 4.90 Å². The quantitative estimate of drug-likeness (QED) is 0.874. The second kappa shape index (κ2) is 7.53. The van der Waals surface area contributed by atoms with Gasteiger partial charge < -0.3 is 20.1 Å². The molecule has 0 bridgehead atoms. The first-order valence-corrected chi connectivity index (χ1v) is 8.26. The van der Waals surface area contributed by atoms with Crippen LogP contribution in [0.3, 0.4) is 0 Å². The van der Waals surface area contributed by atoms with Gasteiger partial charge in [-0.15, -0.1) is 0 Å². The molecule has 0 spiro atoms. The third-order valence-corrected chi connectivity index (χ3v) is 4.37. The first-order chi connectivity index (χ1) is 12.1. The Morgan fingerprint density at radius 1 is 1.24 bits per heavy atom. The summed E-state index contributed by atoms with van der Waals surface area (Å²) in [6.45, 7) is 1.49. The predicted octanol–water partition coefficient (Wildman–Crippen LogP) is 3.18. The maximum atomic E-state index is 14.3. The van der Waals surface area contributed by atoms with Gasteiger partial charge in [0.25, 0.3) is 5.91 Å². The number of carbonyl (C=O) groups is 1. The highest BCUT2D eigenvalue weighted by Gasteiger charge is 2.18. The standard InChI is InChI=1S/C19H21FN2O3/c1-25-18-7-5-15(10-14(18)12-23)21-19(24)13-4-6-17(16(20)11-13)22-8-2-3-9-22/h4-7,10-11,23H,2-3,8-9,12H2,1H3,(H,21,24). The van der Waals surface area contributed by atoms with E-state index in [1.54, 1.807) is 30.3 Å². The van der Waals surface area contributed by atoms with E-state index < -0.39 is 5.91 Å². The molecule has 2 aromatic rings. The lowest BCUT2D eigenvalue weighted by Crippen LogP contribution is -2.19. The molecule has 1 aliphatic rings. The number of aliphatic hydroxyl groups excluding tert-OH is 1. The Morgan fingerprint density at radius 2 is 2.00 bits per heavy atom. The Hall–Kier alpha value is -2.60. The van der Waals surface area contributed by atoms with Crippen molar-refractivity contribution in [2.45, 2.75) is 19.4 Å². The lowest BCUT2D eigenvalue weighted by atomic mass is 10.1. The summed E-state index contributed by atoms with van der Waals surface area (Å²) in [5.41, 5.74) is 1.87. The number of hydrogen-bond acceptors (Lipinski definition) is 4. The van der Waals surface area contributed by atoms with Crippen LogP contribution >= 0.6 is 0 Å². The van der Waals surface area contributed by atoms with Crippen LogP contribution in [0.1, 0.15) is 28.8 Å². The summed E-state index contributed by atoms with van der Waals surface area (Å²) in [7, 11) is 1.51. The van der Waals surface area contributed by atoms with E-state index >= 15 is 0 Å². The van der Waals surface area contributed by atoms with Crippen LogP contribution in [0.15, 0.2) is 36.4 Å². The Bertz CT molecular complexity index is 773. The van der Waals surface area contributed by atoms with Crippen molar-refractivity contribution in [3.63, 3.8) is 0 Å². The van der Waals surface area contributed by atoms with Crippen molar-refractivity contribution in [1.29, 1.82) is 0 Å². The first kappa shape index (κ1) is 17.2. The van der Waals surface area contributed by atoms with Gasteiger partial charge in [-0.3, -0.25) is 4.79 Å². The van der Waals surface area contributed by atoms with E-state index in [-0.39, 0.29) is 18.0 Å². The van der Waals surface area contributed by atoms with E-state index in [1.165, 1.54) is 13.2 Å². The molecule has 6 heteroatoms. The molecular weight excluding hydrogens is 323 g/mol. The first-order valence-electron chi connectivity index (χ1n) is 8.26. The fourth-order valence-corrected chi connectivity index (χ4v) is 3.05. The molecule has 1 amide bonds. The van der Waals surface area contributed by atoms with Gasteiger partial charge in [0, 0.05) is 29.9 Å². The van der Waals surface area contributed by atoms with Gasteiger partial charge in [0.2, 0.25) is 0 Å². The average Bonchev–Trinajstić information content (AvgIpc) is 3.15. The number of hydrogen-bond donors (Lipinski definition) is 2. The van der Waals surface area contributed by atoms with Crippen molar-refractivity contribution in [3.05, 3.63) is 53.3 Å². The number of anilines is 2. The highest BCUT2D eigenvalue weighted by atomic mass is 19.1. The van der Waals surface area contributed by atoms with Gasteiger partial charge in [-0.05, 0) is 49.2 Å². The van der Waals surface area contributed by atoms with Gasteiger partial charge in [-0.25, -0.2) is 4.39 Å². The van der Waals surface area contributed by atoms with Crippen LogP contribution in [0.4, 0.5) is 15.8 Å². The third kappa shape index (κ3) is 3.74. The van der Waals surface area contributed by atoms with Crippen LogP contribution in [0.25, 0.3) is 0 Å². The van der Waals surface area contributed by atoms with Crippen molar-refractivity contribution in [1.82, 2.24) is 0 Å². The zero-order chi connectivity index (χ0) is 17.8. The number of amides is 1. The SMILES string of the molecule is COc1ccc(NC(=O)c2ccc(N3CCCC3)c(F)c2)cc1CO. The number of methoxy groups -OCH3 is 1. The molecule has 2 aromatic carbocycles. The molecule has 2 N–H and O–H groups in total. The van der Waals surface area contributed by atoms with Crippen LogP contribution in [-0.4, -0.2) is 31.2 Å². The molecule has 0 aliphatic carbocycles. The fourth-order valence-electron chi connectivity index (χ4n) is 3.05. The van der Waals surface area contributed by atoms with Gasteiger partial charge >= 0.3 is 0 Å². The lowest BCUT2D eigenvalue weighted by Gasteiger charge is -2.18. The molecule has 132 valence electrons. The molecule has 1 aliphatic heterocycles. The van der Waals surface area contributed by atoms with Crippen LogP contribution in [0.2, 0.25) is 0 Å². The molecule has 3 rings (SSSR count). The second-order valence-electron chi connectivity index (χ2n) is 6.00. The molecular formula is C19H21FN2O3.